The Morgan fingerprint density at radius 2 is 1.89 bits per heavy atom. The van der Waals surface area contributed by atoms with Gasteiger partial charge >= 0.3 is 0 Å². The fraction of sp³-hybridized carbons (Fsp3) is 0.0870. The monoisotopic (exact) mass is 386 g/mol. The van der Waals surface area contributed by atoms with Crippen molar-refractivity contribution in [1.82, 2.24) is 9.97 Å². The Morgan fingerprint density at radius 3 is 2.67 bits per heavy atom. The van der Waals surface area contributed by atoms with E-state index in [1.807, 2.05) is 24.0 Å². The molecule has 4 heteroatoms. The van der Waals surface area contributed by atoms with Crippen LogP contribution in [0.15, 0.2) is 90.2 Å². The molecule has 1 aliphatic carbocycles. The van der Waals surface area contributed by atoms with Crippen molar-refractivity contribution in [2.45, 2.75) is 17.1 Å². The highest BCUT2D eigenvalue weighted by atomic mass is 32.2. The minimum atomic E-state index is 0.804. The van der Waals surface area contributed by atoms with E-state index in [4.69, 9.17) is 12.2 Å². The van der Waals surface area contributed by atoms with E-state index in [-0.39, 0.29) is 0 Å². The molecule has 0 fully saturated rings. The molecular formula is C23H18N2S2. The Kier molecular flexibility index (Phi) is 5.56. The zero-order valence-corrected chi connectivity index (χ0v) is 16.3. The van der Waals surface area contributed by atoms with Gasteiger partial charge in [-0.15, -0.1) is 11.8 Å². The molecule has 4 rings (SSSR count). The lowest BCUT2D eigenvalue weighted by atomic mass is 9.92. The average molecular weight is 387 g/mol. The van der Waals surface area contributed by atoms with Crippen LogP contribution in [0.5, 0.6) is 0 Å². The molecule has 0 saturated heterocycles. The van der Waals surface area contributed by atoms with Gasteiger partial charge in [0.25, 0.3) is 0 Å². The van der Waals surface area contributed by atoms with Gasteiger partial charge in [0.05, 0.1) is 11.9 Å². The standard InChI is InChI=1S/C23H18N2S2/c26-21-11-5-4-9-19(21)23-18(20-15-24-13-14-25-20)10-6-12-22(23)27-16-17-7-2-1-3-8-17/h1-10,12-15H,11,16H2. The van der Waals surface area contributed by atoms with Crippen molar-refractivity contribution in [3.63, 3.8) is 0 Å². The quantitative estimate of drug-likeness (QED) is 0.388. The minimum Gasteiger partial charge on any atom is -0.261 e. The largest absolute Gasteiger partial charge is 0.261 e. The second-order valence-electron chi connectivity index (χ2n) is 6.18. The van der Waals surface area contributed by atoms with E-state index in [2.05, 4.69) is 70.7 Å². The third kappa shape index (κ3) is 4.07. The molecule has 3 aromatic rings. The summed E-state index contributed by atoms with van der Waals surface area (Å²) in [4.78, 5) is 11.0. The summed E-state index contributed by atoms with van der Waals surface area (Å²) in [6.07, 6.45) is 12.4. The number of rotatable bonds is 5. The van der Waals surface area contributed by atoms with Crippen LogP contribution in [0.3, 0.4) is 0 Å². The Labute approximate surface area is 169 Å². The molecular weight excluding hydrogens is 368 g/mol. The fourth-order valence-electron chi connectivity index (χ4n) is 3.08. The van der Waals surface area contributed by atoms with Gasteiger partial charge in [0.2, 0.25) is 0 Å². The zero-order valence-electron chi connectivity index (χ0n) is 14.7. The van der Waals surface area contributed by atoms with Crippen LogP contribution in [-0.2, 0) is 5.75 Å². The first-order chi connectivity index (χ1) is 13.3. The summed E-state index contributed by atoms with van der Waals surface area (Å²) in [5, 5.41) is 0. The van der Waals surface area contributed by atoms with Crippen molar-refractivity contribution >= 4 is 34.4 Å². The van der Waals surface area contributed by atoms with E-state index in [1.54, 1.807) is 12.4 Å². The maximum atomic E-state index is 5.69. The molecule has 1 aliphatic rings. The zero-order chi connectivity index (χ0) is 18.5. The lowest BCUT2D eigenvalue weighted by Crippen LogP contribution is -2.04. The van der Waals surface area contributed by atoms with E-state index in [9.17, 15) is 0 Å². The van der Waals surface area contributed by atoms with Gasteiger partial charge in [0.15, 0.2) is 0 Å². The molecule has 1 heterocycles. The Bertz CT molecular complexity index is 1010. The minimum absolute atomic E-state index is 0.804. The smallest absolute Gasteiger partial charge is 0.0891 e. The number of allylic oxidation sites excluding steroid dienone is 4. The average Bonchev–Trinajstić information content (AvgIpc) is 2.74. The van der Waals surface area contributed by atoms with Crippen LogP contribution in [0.4, 0.5) is 0 Å². The number of thioether (sulfide) groups is 1. The van der Waals surface area contributed by atoms with Crippen LogP contribution in [0.25, 0.3) is 16.8 Å². The molecule has 0 N–H and O–H groups in total. The molecule has 0 bridgehead atoms. The van der Waals surface area contributed by atoms with Crippen LogP contribution in [-0.4, -0.2) is 14.8 Å². The van der Waals surface area contributed by atoms with Crippen molar-refractivity contribution in [3.05, 3.63) is 96.5 Å². The summed E-state index contributed by atoms with van der Waals surface area (Å²) in [6.45, 7) is 0. The predicted molar refractivity (Wildman–Crippen MR) is 118 cm³/mol. The molecule has 1 aromatic heterocycles. The van der Waals surface area contributed by atoms with Gasteiger partial charge in [0.1, 0.15) is 0 Å². The highest BCUT2D eigenvalue weighted by molar-refractivity contribution is 7.98. The molecule has 27 heavy (non-hydrogen) atoms. The van der Waals surface area contributed by atoms with Gasteiger partial charge in [-0.25, -0.2) is 0 Å². The fourth-order valence-corrected chi connectivity index (χ4v) is 4.40. The van der Waals surface area contributed by atoms with E-state index in [0.717, 1.165) is 39.4 Å². The van der Waals surface area contributed by atoms with Crippen LogP contribution < -0.4 is 0 Å². The molecule has 132 valence electrons. The molecule has 0 radical (unpaired) electrons. The Hall–Kier alpha value is -2.56. The van der Waals surface area contributed by atoms with Crippen LogP contribution in [0.1, 0.15) is 17.5 Å². The van der Waals surface area contributed by atoms with Gasteiger partial charge in [-0.1, -0.05) is 72.9 Å². The van der Waals surface area contributed by atoms with E-state index >= 15 is 0 Å². The van der Waals surface area contributed by atoms with E-state index in [0.29, 0.717) is 0 Å². The van der Waals surface area contributed by atoms with Gasteiger partial charge in [-0.3, -0.25) is 9.97 Å². The summed E-state index contributed by atoms with van der Waals surface area (Å²) in [7, 11) is 0. The molecule has 0 aliphatic heterocycles. The molecule has 0 atom stereocenters. The van der Waals surface area contributed by atoms with Crippen molar-refractivity contribution in [2.24, 2.45) is 0 Å². The topological polar surface area (TPSA) is 25.8 Å². The van der Waals surface area contributed by atoms with Crippen LogP contribution in [0.2, 0.25) is 0 Å². The lowest BCUT2D eigenvalue weighted by molar-refractivity contribution is 1.20. The first kappa shape index (κ1) is 17.8. The maximum absolute atomic E-state index is 5.69. The number of benzene rings is 2. The predicted octanol–water partition coefficient (Wildman–Crippen LogP) is 6.15. The molecule has 2 nitrogen and oxygen atoms in total. The number of hydrogen-bond acceptors (Lipinski definition) is 4. The molecule has 2 aromatic carbocycles. The number of thiocarbonyl (C=S) groups is 1. The maximum Gasteiger partial charge on any atom is 0.0891 e. The second kappa shape index (κ2) is 8.42. The van der Waals surface area contributed by atoms with Crippen molar-refractivity contribution in [3.8, 4) is 11.3 Å². The van der Waals surface area contributed by atoms with Gasteiger partial charge < -0.3 is 0 Å². The third-order valence-corrected chi connectivity index (χ3v) is 5.89. The van der Waals surface area contributed by atoms with Crippen molar-refractivity contribution < 1.29 is 0 Å². The van der Waals surface area contributed by atoms with Gasteiger partial charge in [0, 0.05) is 45.5 Å². The number of nitrogens with zero attached hydrogens (tertiary/aromatic N) is 2. The first-order valence-electron chi connectivity index (χ1n) is 8.79. The highest BCUT2D eigenvalue weighted by Gasteiger charge is 2.19. The molecule has 0 unspecified atom stereocenters. The van der Waals surface area contributed by atoms with Gasteiger partial charge in [-0.2, -0.15) is 0 Å². The van der Waals surface area contributed by atoms with Gasteiger partial charge in [-0.05, 0) is 17.2 Å². The summed E-state index contributed by atoms with van der Waals surface area (Å²) in [5.41, 5.74) is 5.52. The SMILES string of the molecule is S=C1CC=CC=C1c1c(SCc2ccccc2)cccc1-c1cnccn1. The summed E-state index contributed by atoms with van der Waals surface area (Å²) < 4.78 is 0. The Balaban J connectivity index is 1.80. The third-order valence-electron chi connectivity index (χ3n) is 4.37. The number of aromatic nitrogens is 2. The van der Waals surface area contributed by atoms with Crippen LogP contribution >= 0.6 is 24.0 Å². The van der Waals surface area contributed by atoms with Crippen molar-refractivity contribution in [2.75, 3.05) is 0 Å². The molecule has 0 amide bonds. The summed E-state index contributed by atoms with van der Waals surface area (Å²) >= 11 is 7.52. The Morgan fingerprint density at radius 1 is 1.00 bits per heavy atom. The number of hydrogen-bond donors (Lipinski definition) is 0. The van der Waals surface area contributed by atoms with E-state index < -0.39 is 0 Å². The second-order valence-corrected chi connectivity index (χ2v) is 7.69. The highest BCUT2D eigenvalue weighted by Crippen LogP contribution is 2.39. The van der Waals surface area contributed by atoms with Crippen molar-refractivity contribution in [1.29, 1.82) is 0 Å². The normalized spacial score (nSPS) is 13.5. The van der Waals surface area contributed by atoms with E-state index in [1.165, 1.54) is 10.5 Å². The molecule has 0 saturated carbocycles. The summed E-state index contributed by atoms with van der Waals surface area (Å²) in [6, 6.07) is 16.9. The lowest BCUT2D eigenvalue weighted by Gasteiger charge is -2.19. The van der Waals surface area contributed by atoms with Crippen LogP contribution in [0, 0.1) is 0 Å². The summed E-state index contributed by atoms with van der Waals surface area (Å²) in [5.74, 6) is 0.910. The first-order valence-corrected chi connectivity index (χ1v) is 10.2. The molecule has 0 spiro atoms.